The van der Waals surface area contributed by atoms with Crippen molar-refractivity contribution in [3.63, 3.8) is 0 Å². The fourth-order valence-corrected chi connectivity index (χ4v) is 2.99. The maximum absolute atomic E-state index is 12.6. The van der Waals surface area contributed by atoms with Gasteiger partial charge in [-0.05, 0) is 49.8 Å². The third-order valence-corrected chi connectivity index (χ3v) is 4.16. The molecule has 1 fully saturated rings. The number of carbonyl (C=O) groups is 2. The molecule has 1 aromatic rings. The molecule has 0 aromatic heterocycles. The van der Waals surface area contributed by atoms with Crippen LogP contribution in [0.3, 0.4) is 0 Å². The number of aryl methyl sites for hydroxylation is 2. The average Bonchev–Trinajstić information content (AvgIpc) is 2.93. The number of amides is 2. The van der Waals surface area contributed by atoms with Crippen LogP contribution >= 0.6 is 0 Å². The van der Waals surface area contributed by atoms with E-state index in [0.717, 1.165) is 42.5 Å². The second-order valence-electron chi connectivity index (χ2n) is 6.03. The van der Waals surface area contributed by atoms with Gasteiger partial charge in [0, 0.05) is 12.6 Å². The van der Waals surface area contributed by atoms with Crippen LogP contribution in [-0.4, -0.2) is 17.9 Å². The van der Waals surface area contributed by atoms with Crippen LogP contribution in [0.25, 0.3) is 0 Å². The summed E-state index contributed by atoms with van der Waals surface area (Å²) in [6.07, 6.45) is 4.28. The van der Waals surface area contributed by atoms with E-state index in [9.17, 15) is 9.59 Å². The Balaban J connectivity index is 2.13. The predicted octanol–water partition coefficient (Wildman–Crippen LogP) is 2.94. The highest BCUT2D eigenvalue weighted by Gasteiger charge is 2.31. The summed E-state index contributed by atoms with van der Waals surface area (Å²) in [7, 11) is 0. The summed E-state index contributed by atoms with van der Waals surface area (Å²) in [6, 6.07) is 5.55. The summed E-state index contributed by atoms with van der Waals surface area (Å²) in [6.45, 7) is 5.43. The second kappa shape index (κ2) is 6.74. The van der Waals surface area contributed by atoms with E-state index in [1.807, 2.05) is 32.0 Å². The van der Waals surface area contributed by atoms with Crippen LogP contribution in [0.1, 0.15) is 43.7 Å². The molecule has 1 atom stereocenters. The molecule has 4 nitrogen and oxygen atoms in total. The van der Waals surface area contributed by atoms with Gasteiger partial charge < -0.3 is 10.6 Å². The Morgan fingerprint density at radius 1 is 1.19 bits per heavy atom. The van der Waals surface area contributed by atoms with Crippen LogP contribution in [-0.2, 0) is 9.59 Å². The van der Waals surface area contributed by atoms with E-state index >= 15 is 0 Å². The minimum absolute atomic E-state index is 0.106. The maximum atomic E-state index is 12.6. The first-order valence-electron chi connectivity index (χ1n) is 7.62. The number of nitrogens with one attached hydrogen (secondary N) is 2. The third-order valence-electron chi connectivity index (χ3n) is 4.16. The fourth-order valence-electron chi connectivity index (χ4n) is 2.99. The zero-order valence-electron chi connectivity index (χ0n) is 13.0. The fraction of sp³-hybridized carbons (Fsp3) is 0.529. The normalized spacial score (nSPS) is 16.5. The Morgan fingerprint density at radius 2 is 1.86 bits per heavy atom. The molecular weight excluding hydrogens is 264 g/mol. The van der Waals surface area contributed by atoms with Crippen LogP contribution in [0.4, 0.5) is 5.69 Å². The van der Waals surface area contributed by atoms with E-state index in [1.165, 1.54) is 6.92 Å². The summed E-state index contributed by atoms with van der Waals surface area (Å²) in [5.41, 5.74) is 2.96. The first-order valence-corrected chi connectivity index (χ1v) is 7.62. The highest BCUT2D eigenvalue weighted by molar-refractivity contribution is 5.97. The number of anilines is 1. The number of carbonyl (C=O) groups excluding carboxylic acids is 2. The average molecular weight is 288 g/mol. The summed E-state index contributed by atoms with van der Waals surface area (Å²) < 4.78 is 0. The zero-order valence-corrected chi connectivity index (χ0v) is 13.0. The van der Waals surface area contributed by atoms with Crippen LogP contribution in [0.2, 0.25) is 0 Å². The number of hydrogen-bond acceptors (Lipinski definition) is 2. The Hall–Kier alpha value is -1.84. The highest BCUT2D eigenvalue weighted by atomic mass is 16.2. The summed E-state index contributed by atoms with van der Waals surface area (Å²) >= 11 is 0. The number of hydrogen-bond donors (Lipinski definition) is 2. The molecule has 114 valence electrons. The lowest BCUT2D eigenvalue weighted by Gasteiger charge is -2.23. The van der Waals surface area contributed by atoms with Gasteiger partial charge in [0.1, 0.15) is 6.04 Å². The van der Waals surface area contributed by atoms with Gasteiger partial charge in [-0.1, -0.05) is 25.0 Å². The van der Waals surface area contributed by atoms with Crippen LogP contribution < -0.4 is 10.6 Å². The van der Waals surface area contributed by atoms with E-state index in [0.29, 0.717) is 0 Å². The summed E-state index contributed by atoms with van der Waals surface area (Å²) in [5.74, 6) is -0.00664. The summed E-state index contributed by atoms with van der Waals surface area (Å²) in [4.78, 5) is 24.0. The Bertz CT molecular complexity index is 534. The van der Waals surface area contributed by atoms with Gasteiger partial charge in [-0.2, -0.15) is 0 Å². The number of benzene rings is 1. The zero-order chi connectivity index (χ0) is 15.4. The predicted molar refractivity (Wildman–Crippen MR) is 84.1 cm³/mol. The van der Waals surface area contributed by atoms with E-state index in [-0.39, 0.29) is 17.7 Å². The standard InChI is InChI=1S/C17H24N2O2/c1-11-8-9-12(2)15(10-11)19-17(21)16(18-13(3)20)14-6-4-5-7-14/h8-10,14,16H,4-7H2,1-3H3,(H,18,20)(H,19,21). The summed E-state index contributed by atoms with van der Waals surface area (Å²) in [5, 5.41) is 5.80. The molecule has 1 aliphatic carbocycles. The van der Waals surface area contributed by atoms with Crippen molar-refractivity contribution in [2.45, 2.75) is 52.5 Å². The van der Waals surface area contributed by atoms with Gasteiger partial charge in [0.05, 0.1) is 0 Å². The van der Waals surface area contributed by atoms with Crippen molar-refractivity contribution >= 4 is 17.5 Å². The Labute approximate surface area is 126 Å². The molecule has 2 amide bonds. The molecule has 0 saturated heterocycles. The van der Waals surface area contributed by atoms with Gasteiger partial charge in [-0.15, -0.1) is 0 Å². The van der Waals surface area contributed by atoms with Gasteiger partial charge >= 0.3 is 0 Å². The second-order valence-corrected chi connectivity index (χ2v) is 6.03. The van der Waals surface area contributed by atoms with Crippen molar-refractivity contribution in [2.24, 2.45) is 5.92 Å². The minimum atomic E-state index is -0.426. The molecule has 0 aliphatic heterocycles. The van der Waals surface area contributed by atoms with Crippen LogP contribution in [0, 0.1) is 19.8 Å². The molecule has 1 aliphatic rings. The first kappa shape index (κ1) is 15.5. The van der Waals surface area contributed by atoms with E-state index in [1.54, 1.807) is 0 Å². The van der Waals surface area contributed by atoms with Gasteiger partial charge in [0.15, 0.2) is 0 Å². The van der Waals surface area contributed by atoms with E-state index in [4.69, 9.17) is 0 Å². The smallest absolute Gasteiger partial charge is 0.247 e. The van der Waals surface area contributed by atoms with Crippen molar-refractivity contribution in [3.05, 3.63) is 29.3 Å². The minimum Gasteiger partial charge on any atom is -0.344 e. The monoisotopic (exact) mass is 288 g/mol. The Morgan fingerprint density at radius 3 is 2.48 bits per heavy atom. The van der Waals surface area contributed by atoms with Crippen molar-refractivity contribution in [3.8, 4) is 0 Å². The molecule has 1 unspecified atom stereocenters. The highest BCUT2D eigenvalue weighted by Crippen LogP contribution is 2.28. The molecule has 0 radical (unpaired) electrons. The molecule has 4 heteroatoms. The quantitative estimate of drug-likeness (QED) is 0.895. The van der Waals surface area contributed by atoms with E-state index in [2.05, 4.69) is 10.6 Å². The lowest BCUT2D eigenvalue weighted by atomic mass is 9.97. The third kappa shape index (κ3) is 4.06. The molecule has 21 heavy (non-hydrogen) atoms. The van der Waals surface area contributed by atoms with Crippen molar-refractivity contribution in [1.82, 2.24) is 5.32 Å². The van der Waals surface area contributed by atoms with E-state index < -0.39 is 6.04 Å². The van der Waals surface area contributed by atoms with Crippen LogP contribution in [0.15, 0.2) is 18.2 Å². The topological polar surface area (TPSA) is 58.2 Å². The lowest BCUT2D eigenvalue weighted by molar-refractivity contribution is -0.126. The van der Waals surface area contributed by atoms with Gasteiger partial charge in [-0.25, -0.2) is 0 Å². The molecular formula is C17H24N2O2. The van der Waals surface area contributed by atoms with Crippen LogP contribution in [0.5, 0.6) is 0 Å². The van der Waals surface area contributed by atoms with Gasteiger partial charge in [0.2, 0.25) is 11.8 Å². The SMILES string of the molecule is CC(=O)NC(C(=O)Nc1cc(C)ccc1C)C1CCCC1. The molecule has 0 spiro atoms. The molecule has 2 rings (SSSR count). The molecule has 2 N–H and O–H groups in total. The maximum Gasteiger partial charge on any atom is 0.247 e. The Kier molecular flexibility index (Phi) is 4.99. The largest absolute Gasteiger partial charge is 0.344 e. The van der Waals surface area contributed by atoms with Crippen molar-refractivity contribution in [1.29, 1.82) is 0 Å². The molecule has 1 aromatic carbocycles. The van der Waals surface area contributed by atoms with Gasteiger partial charge in [-0.3, -0.25) is 9.59 Å². The van der Waals surface area contributed by atoms with Crippen molar-refractivity contribution < 1.29 is 9.59 Å². The van der Waals surface area contributed by atoms with Crippen molar-refractivity contribution in [2.75, 3.05) is 5.32 Å². The first-order chi connectivity index (χ1) is 9.97. The van der Waals surface area contributed by atoms with Gasteiger partial charge in [0.25, 0.3) is 0 Å². The molecule has 1 saturated carbocycles. The molecule has 0 bridgehead atoms. The lowest BCUT2D eigenvalue weighted by Crippen LogP contribution is -2.47. The molecule has 0 heterocycles. The number of rotatable bonds is 4.